The number of anilines is 1. The van der Waals surface area contributed by atoms with Gasteiger partial charge >= 0.3 is 12.1 Å². The molecule has 24 heavy (non-hydrogen) atoms. The second kappa shape index (κ2) is 6.38. The second-order valence-electron chi connectivity index (χ2n) is 5.27. The molecule has 0 saturated heterocycles. The lowest BCUT2D eigenvalue weighted by Gasteiger charge is -2.13. The molecule has 1 aromatic carbocycles. The number of nitrogens with one attached hydrogen (secondary N) is 1. The summed E-state index contributed by atoms with van der Waals surface area (Å²) in [7, 11) is 0. The molecule has 0 atom stereocenters. The van der Waals surface area contributed by atoms with E-state index in [1.807, 2.05) is 0 Å². The number of amides is 1. The largest absolute Gasteiger partial charge is 0.481 e. The topological polar surface area (TPSA) is 79.5 Å². The van der Waals surface area contributed by atoms with Gasteiger partial charge in [0.25, 0.3) is 5.91 Å². The van der Waals surface area contributed by atoms with Crippen molar-refractivity contribution in [2.75, 3.05) is 5.32 Å². The van der Waals surface area contributed by atoms with E-state index in [-0.39, 0.29) is 17.0 Å². The maximum atomic E-state index is 12.8. The molecule has 1 aromatic heterocycles. The highest BCUT2D eigenvalue weighted by atomic mass is 19.4. The smallest absolute Gasteiger partial charge is 0.416 e. The van der Waals surface area contributed by atoms with Gasteiger partial charge in [-0.3, -0.25) is 9.59 Å². The fourth-order valence-electron chi connectivity index (χ4n) is 2.19. The van der Waals surface area contributed by atoms with Gasteiger partial charge in [-0.05, 0) is 31.5 Å². The highest BCUT2D eigenvalue weighted by molar-refractivity contribution is 6.06. The van der Waals surface area contributed by atoms with Gasteiger partial charge in [-0.1, -0.05) is 6.07 Å². The number of halogens is 3. The van der Waals surface area contributed by atoms with Crippen LogP contribution in [0.4, 0.5) is 18.9 Å². The molecule has 1 amide bonds. The van der Waals surface area contributed by atoms with E-state index in [9.17, 15) is 22.8 Å². The van der Waals surface area contributed by atoms with Crippen molar-refractivity contribution in [3.63, 3.8) is 0 Å². The third-order valence-corrected chi connectivity index (χ3v) is 3.40. The number of carboxylic acids is 1. The molecule has 0 radical (unpaired) electrons. The third kappa shape index (κ3) is 3.76. The van der Waals surface area contributed by atoms with E-state index >= 15 is 0 Å². The summed E-state index contributed by atoms with van der Waals surface area (Å²) in [6.07, 6.45) is -3.81. The standard InChI is InChI=1S/C16H14F3NO4/c1-8-3-4-10(16(17,18)19)5-11(8)20-15(23)14-9(2)7-24-12(14)6-13(21)22/h3-5,7H,6H2,1-2H3,(H,20,23)(H,21,22). The van der Waals surface area contributed by atoms with E-state index < -0.39 is 30.0 Å². The molecule has 2 N–H and O–H groups in total. The van der Waals surface area contributed by atoms with Crippen LogP contribution >= 0.6 is 0 Å². The van der Waals surface area contributed by atoms with E-state index in [2.05, 4.69) is 5.32 Å². The summed E-state index contributed by atoms with van der Waals surface area (Å²) >= 11 is 0. The highest BCUT2D eigenvalue weighted by Gasteiger charge is 2.31. The zero-order valence-electron chi connectivity index (χ0n) is 12.8. The van der Waals surface area contributed by atoms with Crippen LogP contribution in [0.3, 0.4) is 0 Å². The van der Waals surface area contributed by atoms with Crippen LogP contribution in [0, 0.1) is 13.8 Å². The lowest BCUT2D eigenvalue weighted by Crippen LogP contribution is -2.17. The van der Waals surface area contributed by atoms with Crippen LogP contribution in [0.1, 0.15) is 32.8 Å². The number of carbonyl (C=O) groups excluding carboxylic acids is 1. The van der Waals surface area contributed by atoms with Crippen LogP contribution in [-0.4, -0.2) is 17.0 Å². The van der Waals surface area contributed by atoms with E-state index in [0.717, 1.165) is 12.1 Å². The van der Waals surface area contributed by atoms with Crippen LogP contribution in [0.2, 0.25) is 0 Å². The van der Waals surface area contributed by atoms with Crippen molar-refractivity contribution >= 4 is 17.6 Å². The van der Waals surface area contributed by atoms with Gasteiger partial charge < -0.3 is 14.8 Å². The first kappa shape index (κ1) is 17.6. The first-order valence-corrected chi connectivity index (χ1v) is 6.87. The van der Waals surface area contributed by atoms with Crippen LogP contribution in [0.5, 0.6) is 0 Å². The molecular formula is C16H14F3NO4. The minimum absolute atomic E-state index is 0.00306. The number of alkyl halides is 3. The molecule has 5 nitrogen and oxygen atoms in total. The molecule has 0 saturated carbocycles. The molecule has 128 valence electrons. The SMILES string of the molecule is Cc1ccc(C(F)(F)F)cc1NC(=O)c1c(C)coc1CC(=O)O. The summed E-state index contributed by atoms with van der Waals surface area (Å²) < 4.78 is 43.4. The average molecular weight is 341 g/mol. The molecule has 0 spiro atoms. The van der Waals surface area contributed by atoms with Crippen molar-refractivity contribution in [1.82, 2.24) is 0 Å². The average Bonchev–Trinajstić information content (AvgIpc) is 2.80. The number of furan rings is 1. The van der Waals surface area contributed by atoms with Gasteiger partial charge in [-0.15, -0.1) is 0 Å². The first-order chi connectivity index (χ1) is 11.1. The molecule has 2 aromatic rings. The van der Waals surface area contributed by atoms with Crippen LogP contribution in [0.15, 0.2) is 28.9 Å². The van der Waals surface area contributed by atoms with Crippen molar-refractivity contribution in [2.24, 2.45) is 0 Å². The maximum Gasteiger partial charge on any atom is 0.416 e. The van der Waals surface area contributed by atoms with Crippen molar-refractivity contribution in [3.05, 3.63) is 52.5 Å². The maximum absolute atomic E-state index is 12.8. The minimum atomic E-state index is -4.53. The quantitative estimate of drug-likeness (QED) is 0.887. The number of carbonyl (C=O) groups is 2. The summed E-state index contributed by atoms with van der Waals surface area (Å²) in [6.45, 7) is 3.10. The van der Waals surface area contributed by atoms with Crippen LogP contribution in [0.25, 0.3) is 0 Å². The number of rotatable bonds is 4. The Morgan fingerprint density at radius 1 is 1.21 bits per heavy atom. The summed E-state index contributed by atoms with van der Waals surface area (Å²) in [5, 5.41) is 11.2. The van der Waals surface area contributed by atoms with Gasteiger partial charge in [0.15, 0.2) is 0 Å². The van der Waals surface area contributed by atoms with Crippen molar-refractivity contribution in [1.29, 1.82) is 0 Å². The molecular weight excluding hydrogens is 327 g/mol. The van der Waals surface area contributed by atoms with Crippen LogP contribution in [-0.2, 0) is 17.4 Å². The van der Waals surface area contributed by atoms with E-state index in [1.54, 1.807) is 13.8 Å². The number of carboxylic acid groups (broad SMARTS) is 1. The number of hydrogen-bond donors (Lipinski definition) is 2. The Morgan fingerprint density at radius 3 is 2.46 bits per heavy atom. The third-order valence-electron chi connectivity index (χ3n) is 3.40. The van der Waals surface area contributed by atoms with Gasteiger partial charge in [0.2, 0.25) is 0 Å². The Labute approximate surface area is 135 Å². The molecule has 0 aliphatic rings. The number of benzene rings is 1. The Hall–Kier alpha value is -2.77. The Balaban J connectivity index is 2.34. The van der Waals surface area contributed by atoms with Gasteiger partial charge in [0.1, 0.15) is 12.2 Å². The number of hydrogen-bond acceptors (Lipinski definition) is 3. The summed E-state index contributed by atoms with van der Waals surface area (Å²) in [5.41, 5.74) is -0.0466. The summed E-state index contributed by atoms with van der Waals surface area (Å²) in [4.78, 5) is 23.2. The van der Waals surface area contributed by atoms with Crippen molar-refractivity contribution in [2.45, 2.75) is 26.4 Å². The molecule has 8 heteroatoms. The predicted octanol–water partition coefficient (Wildman–Crippen LogP) is 3.79. The fourth-order valence-corrected chi connectivity index (χ4v) is 2.19. The minimum Gasteiger partial charge on any atom is -0.481 e. The molecule has 1 heterocycles. The van der Waals surface area contributed by atoms with Gasteiger partial charge in [0, 0.05) is 11.3 Å². The molecule has 0 bridgehead atoms. The lowest BCUT2D eigenvalue weighted by atomic mass is 10.1. The number of aliphatic carboxylic acids is 1. The number of aryl methyl sites for hydroxylation is 2. The van der Waals surface area contributed by atoms with Gasteiger partial charge in [-0.2, -0.15) is 13.2 Å². The predicted molar refractivity (Wildman–Crippen MR) is 78.9 cm³/mol. The molecule has 0 fully saturated rings. The zero-order valence-corrected chi connectivity index (χ0v) is 12.8. The Morgan fingerprint density at radius 2 is 1.88 bits per heavy atom. The second-order valence-corrected chi connectivity index (χ2v) is 5.27. The fraction of sp³-hybridized carbons (Fsp3) is 0.250. The summed E-state index contributed by atoms with van der Waals surface area (Å²) in [5.74, 6) is -1.96. The zero-order chi connectivity index (χ0) is 18.1. The van der Waals surface area contributed by atoms with Crippen molar-refractivity contribution in [3.8, 4) is 0 Å². The van der Waals surface area contributed by atoms with E-state index in [1.165, 1.54) is 12.3 Å². The molecule has 0 aliphatic heterocycles. The molecule has 2 rings (SSSR count). The van der Waals surface area contributed by atoms with E-state index in [4.69, 9.17) is 9.52 Å². The lowest BCUT2D eigenvalue weighted by molar-refractivity contribution is -0.138. The summed E-state index contributed by atoms with van der Waals surface area (Å²) in [6, 6.07) is 3.00. The van der Waals surface area contributed by atoms with Gasteiger partial charge in [-0.25, -0.2) is 0 Å². The monoisotopic (exact) mass is 341 g/mol. The van der Waals surface area contributed by atoms with E-state index in [0.29, 0.717) is 11.1 Å². The molecule has 0 aliphatic carbocycles. The Kier molecular flexibility index (Phi) is 4.68. The van der Waals surface area contributed by atoms with Gasteiger partial charge in [0.05, 0.1) is 17.4 Å². The highest BCUT2D eigenvalue weighted by Crippen LogP contribution is 2.32. The molecule has 0 unspecified atom stereocenters. The Bertz CT molecular complexity index is 793. The normalized spacial score (nSPS) is 11.4. The first-order valence-electron chi connectivity index (χ1n) is 6.87. The van der Waals surface area contributed by atoms with Crippen LogP contribution < -0.4 is 5.32 Å². The van der Waals surface area contributed by atoms with Crippen molar-refractivity contribution < 1.29 is 32.3 Å².